The summed E-state index contributed by atoms with van der Waals surface area (Å²) >= 11 is 0. The van der Waals surface area contributed by atoms with Crippen molar-refractivity contribution >= 4 is 11.6 Å². The number of halogens is 1. The molecule has 0 N–H and O–H groups in total. The molecule has 2 aliphatic heterocycles. The van der Waals surface area contributed by atoms with Crippen molar-refractivity contribution in [3.05, 3.63) is 42.7 Å². The molecule has 2 saturated heterocycles. The summed E-state index contributed by atoms with van der Waals surface area (Å²) in [4.78, 5) is 18.8. The largest absolute Gasteiger partial charge is 0.365 e. The summed E-state index contributed by atoms with van der Waals surface area (Å²) in [6, 6.07) is 6.03. The van der Waals surface area contributed by atoms with Crippen LogP contribution in [-0.2, 0) is 4.74 Å². The van der Waals surface area contributed by atoms with Gasteiger partial charge >= 0.3 is 0 Å². The number of rotatable bonds is 5. The summed E-state index contributed by atoms with van der Waals surface area (Å²) in [6.45, 7) is 6.60. The van der Waals surface area contributed by atoms with E-state index in [4.69, 9.17) is 4.74 Å². The van der Waals surface area contributed by atoms with Crippen LogP contribution in [0, 0.1) is 17.7 Å². The SMILES string of the molecule is Fc1cncnc1N1CCC(OCC#CCN2CCN(c3ccccn3)CC2)CC1. The predicted octanol–water partition coefficient (Wildman–Crippen LogP) is 1.82. The van der Waals surface area contributed by atoms with Gasteiger partial charge in [0.05, 0.1) is 18.8 Å². The summed E-state index contributed by atoms with van der Waals surface area (Å²) < 4.78 is 19.7. The van der Waals surface area contributed by atoms with Crippen LogP contribution in [0.3, 0.4) is 0 Å². The van der Waals surface area contributed by atoms with Gasteiger partial charge in [0.1, 0.15) is 18.8 Å². The number of anilines is 2. The van der Waals surface area contributed by atoms with E-state index in [9.17, 15) is 4.39 Å². The van der Waals surface area contributed by atoms with Crippen molar-refractivity contribution in [1.82, 2.24) is 19.9 Å². The van der Waals surface area contributed by atoms with E-state index in [-0.39, 0.29) is 11.9 Å². The van der Waals surface area contributed by atoms with Crippen LogP contribution in [0.1, 0.15) is 12.8 Å². The maximum atomic E-state index is 13.8. The van der Waals surface area contributed by atoms with Crippen LogP contribution in [0.4, 0.5) is 16.0 Å². The van der Waals surface area contributed by atoms with Crippen molar-refractivity contribution in [3.63, 3.8) is 0 Å². The topological polar surface area (TPSA) is 57.6 Å². The van der Waals surface area contributed by atoms with Gasteiger partial charge in [0.15, 0.2) is 11.6 Å². The first-order chi connectivity index (χ1) is 14.8. The van der Waals surface area contributed by atoms with Gasteiger partial charge in [-0.3, -0.25) is 4.90 Å². The molecule has 8 heteroatoms. The number of pyridine rings is 1. The molecule has 0 spiro atoms. The first-order valence-electron chi connectivity index (χ1n) is 10.5. The van der Waals surface area contributed by atoms with Gasteiger partial charge < -0.3 is 14.5 Å². The fourth-order valence-corrected chi connectivity index (χ4v) is 3.83. The van der Waals surface area contributed by atoms with Crippen LogP contribution >= 0.6 is 0 Å². The molecule has 0 bridgehead atoms. The van der Waals surface area contributed by atoms with Crippen molar-refractivity contribution in [2.24, 2.45) is 0 Å². The van der Waals surface area contributed by atoms with E-state index in [0.717, 1.165) is 64.5 Å². The maximum absolute atomic E-state index is 13.8. The third-order valence-electron chi connectivity index (χ3n) is 5.55. The Kier molecular flexibility index (Phi) is 7.06. The van der Waals surface area contributed by atoms with Gasteiger partial charge in [0.25, 0.3) is 0 Å². The number of piperazine rings is 1. The van der Waals surface area contributed by atoms with Gasteiger partial charge in [-0.2, -0.15) is 0 Å². The lowest BCUT2D eigenvalue weighted by Gasteiger charge is -2.34. The lowest BCUT2D eigenvalue weighted by molar-refractivity contribution is 0.0592. The lowest BCUT2D eigenvalue weighted by Crippen LogP contribution is -2.46. The number of hydrogen-bond donors (Lipinski definition) is 0. The van der Waals surface area contributed by atoms with Crippen LogP contribution in [0.5, 0.6) is 0 Å². The molecule has 158 valence electrons. The minimum Gasteiger partial charge on any atom is -0.365 e. The Bertz CT molecular complexity index is 855. The molecule has 2 aliphatic rings. The van der Waals surface area contributed by atoms with Gasteiger partial charge in [-0.05, 0) is 25.0 Å². The molecule has 0 saturated carbocycles. The van der Waals surface area contributed by atoms with Gasteiger partial charge in [0.2, 0.25) is 0 Å². The average molecular weight is 410 g/mol. The third-order valence-corrected chi connectivity index (χ3v) is 5.55. The zero-order valence-corrected chi connectivity index (χ0v) is 17.1. The second-order valence-corrected chi connectivity index (χ2v) is 7.50. The predicted molar refractivity (Wildman–Crippen MR) is 114 cm³/mol. The molecule has 2 fully saturated rings. The Morgan fingerprint density at radius 3 is 2.57 bits per heavy atom. The van der Waals surface area contributed by atoms with Crippen LogP contribution in [0.15, 0.2) is 36.9 Å². The Morgan fingerprint density at radius 1 is 1.00 bits per heavy atom. The highest BCUT2D eigenvalue weighted by Crippen LogP contribution is 2.21. The molecule has 7 nitrogen and oxygen atoms in total. The molecule has 4 rings (SSSR count). The highest BCUT2D eigenvalue weighted by atomic mass is 19.1. The summed E-state index contributed by atoms with van der Waals surface area (Å²) in [7, 11) is 0. The fourth-order valence-electron chi connectivity index (χ4n) is 3.83. The van der Waals surface area contributed by atoms with Crippen molar-refractivity contribution in [1.29, 1.82) is 0 Å². The summed E-state index contributed by atoms with van der Waals surface area (Å²) in [5.74, 6) is 7.43. The van der Waals surface area contributed by atoms with E-state index >= 15 is 0 Å². The first-order valence-corrected chi connectivity index (χ1v) is 10.5. The van der Waals surface area contributed by atoms with Gasteiger partial charge in [-0.1, -0.05) is 17.9 Å². The molecule has 2 aromatic rings. The zero-order chi connectivity index (χ0) is 20.6. The number of piperidine rings is 1. The Hall–Kier alpha value is -2.76. The van der Waals surface area contributed by atoms with Crippen LogP contribution in [-0.4, -0.2) is 78.4 Å². The van der Waals surface area contributed by atoms with Crippen LogP contribution in [0.2, 0.25) is 0 Å². The number of nitrogens with zero attached hydrogens (tertiary/aromatic N) is 6. The Morgan fingerprint density at radius 2 is 1.83 bits per heavy atom. The molecule has 0 amide bonds. The summed E-state index contributed by atoms with van der Waals surface area (Å²) in [5.41, 5.74) is 0. The molecule has 0 aromatic carbocycles. The van der Waals surface area contributed by atoms with Crippen LogP contribution < -0.4 is 9.80 Å². The number of aromatic nitrogens is 3. The van der Waals surface area contributed by atoms with Crippen LogP contribution in [0.25, 0.3) is 0 Å². The van der Waals surface area contributed by atoms with Crippen molar-refractivity contribution in [3.8, 4) is 11.8 Å². The smallest absolute Gasteiger partial charge is 0.183 e. The molecule has 4 heterocycles. The van der Waals surface area contributed by atoms with E-state index in [2.05, 4.69) is 42.7 Å². The molecule has 2 aromatic heterocycles. The third kappa shape index (κ3) is 5.43. The van der Waals surface area contributed by atoms with E-state index in [1.165, 1.54) is 12.5 Å². The second-order valence-electron chi connectivity index (χ2n) is 7.50. The minimum absolute atomic E-state index is 0.169. The Balaban J connectivity index is 1.12. The van der Waals surface area contributed by atoms with E-state index in [1.54, 1.807) is 0 Å². The standard InChI is InChI=1S/C22H27FN6O/c23-20-17-24-18-26-22(20)29-10-6-19(7-11-29)30-16-4-3-9-27-12-14-28(15-13-27)21-5-1-2-8-25-21/h1-2,5,8,17-19H,6-7,9-16H2. The van der Waals surface area contributed by atoms with Crippen molar-refractivity contribution in [2.75, 3.05) is 62.2 Å². The quantitative estimate of drug-likeness (QED) is 0.697. The number of ether oxygens (including phenoxy) is 1. The van der Waals surface area contributed by atoms with Gasteiger partial charge in [0, 0.05) is 45.5 Å². The van der Waals surface area contributed by atoms with Crippen molar-refractivity contribution < 1.29 is 9.13 Å². The Labute approximate surface area is 176 Å². The zero-order valence-electron chi connectivity index (χ0n) is 17.1. The molecule has 30 heavy (non-hydrogen) atoms. The van der Waals surface area contributed by atoms with Gasteiger partial charge in [-0.15, -0.1) is 0 Å². The normalized spacial score (nSPS) is 18.2. The summed E-state index contributed by atoms with van der Waals surface area (Å²) in [6.07, 6.45) is 6.29. The molecule has 0 unspecified atom stereocenters. The lowest BCUT2D eigenvalue weighted by atomic mass is 10.1. The van der Waals surface area contributed by atoms with Gasteiger partial charge in [-0.25, -0.2) is 19.3 Å². The van der Waals surface area contributed by atoms with E-state index in [0.29, 0.717) is 12.4 Å². The fraction of sp³-hybridized carbons (Fsp3) is 0.500. The molecule has 0 atom stereocenters. The highest BCUT2D eigenvalue weighted by molar-refractivity contribution is 5.39. The number of hydrogen-bond acceptors (Lipinski definition) is 7. The molecular formula is C22H27FN6O. The summed E-state index contributed by atoms with van der Waals surface area (Å²) in [5, 5.41) is 0. The average Bonchev–Trinajstić information content (AvgIpc) is 2.81. The highest BCUT2D eigenvalue weighted by Gasteiger charge is 2.22. The maximum Gasteiger partial charge on any atom is 0.183 e. The van der Waals surface area contributed by atoms with E-state index < -0.39 is 0 Å². The second kappa shape index (κ2) is 10.3. The molecular weight excluding hydrogens is 383 g/mol. The minimum atomic E-state index is -0.372. The van der Waals surface area contributed by atoms with Crippen molar-refractivity contribution in [2.45, 2.75) is 18.9 Å². The first kappa shape index (κ1) is 20.5. The monoisotopic (exact) mass is 410 g/mol. The van der Waals surface area contributed by atoms with E-state index in [1.807, 2.05) is 23.2 Å². The molecule has 0 radical (unpaired) electrons. The molecule has 0 aliphatic carbocycles.